The standard InChI is InChI=1S/C30H49N2/c1-3-5-6-7-8-9-10-11-12-13-14-15-16-20-23-28(26-27-21-18-17-19-22-27)29(4-2)30-31-24-25-32-30/h17-19,21-22,24-25,28-29H,3-16,20,23,26H2,1-2H3/q+1. The van der Waals surface area contributed by atoms with Crippen LogP contribution in [0, 0.1) is 18.0 Å². The van der Waals surface area contributed by atoms with Crippen LogP contribution in [0.4, 0.5) is 0 Å². The van der Waals surface area contributed by atoms with Gasteiger partial charge in [0, 0.05) is 0 Å². The molecule has 1 aliphatic rings. The van der Waals surface area contributed by atoms with E-state index in [0.29, 0.717) is 11.8 Å². The Labute approximate surface area is 199 Å². The third kappa shape index (κ3) is 11.3. The third-order valence-corrected chi connectivity index (χ3v) is 7.09. The SMILES string of the molecule is CCCCCCCCCCCCCCCCC(Cc1ccccc1)C(CC)[C+]1N=CC=N1. The van der Waals surface area contributed by atoms with Crippen LogP contribution in [0.3, 0.4) is 0 Å². The molecule has 178 valence electrons. The zero-order valence-corrected chi connectivity index (χ0v) is 21.1. The van der Waals surface area contributed by atoms with E-state index in [-0.39, 0.29) is 0 Å². The molecule has 0 fully saturated rings. The summed E-state index contributed by atoms with van der Waals surface area (Å²) in [5.41, 5.74) is 1.45. The monoisotopic (exact) mass is 437 g/mol. The number of benzene rings is 1. The molecule has 0 saturated heterocycles. The van der Waals surface area contributed by atoms with E-state index in [1.807, 2.05) is 12.4 Å². The van der Waals surface area contributed by atoms with Gasteiger partial charge in [0.15, 0.2) is 12.4 Å². The van der Waals surface area contributed by atoms with Gasteiger partial charge in [0.05, 0.1) is 5.92 Å². The predicted molar refractivity (Wildman–Crippen MR) is 143 cm³/mol. The van der Waals surface area contributed by atoms with Crippen LogP contribution < -0.4 is 0 Å². The summed E-state index contributed by atoms with van der Waals surface area (Å²) in [6.07, 6.45) is 28.2. The van der Waals surface area contributed by atoms with E-state index in [1.165, 1.54) is 102 Å². The number of nitrogens with zero attached hydrogens (tertiary/aromatic N) is 2. The zero-order valence-electron chi connectivity index (χ0n) is 21.1. The minimum atomic E-state index is 0.479. The van der Waals surface area contributed by atoms with Gasteiger partial charge < -0.3 is 0 Å². The predicted octanol–water partition coefficient (Wildman–Crippen LogP) is 9.39. The molecule has 0 aliphatic carbocycles. The van der Waals surface area contributed by atoms with E-state index in [0.717, 1.165) is 19.0 Å². The molecule has 2 unspecified atom stereocenters. The average Bonchev–Trinajstić information content (AvgIpc) is 3.35. The van der Waals surface area contributed by atoms with Gasteiger partial charge in [-0.25, -0.2) is 0 Å². The molecule has 0 amide bonds. The highest BCUT2D eigenvalue weighted by molar-refractivity contribution is 6.18. The third-order valence-electron chi connectivity index (χ3n) is 7.09. The quantitative estimate of drug-likeness (QED) is 0.143. The molecule has 0 radical (unpaired) electrons. The van der Waals surface area contributed by atoms with E-state index in [9.17, 15) is 0 Å². The molecule has 1 heterocycles. The van der Waals surface area contributed by atoms with Gasteiger partial charge in [0.2, 0.25) is 6.17 Å². The fourth-order valence-corrected chi connectivity index (χ4v) is 5.13. The van der Waals surface area contributed by atoms with Crippen LogP contribution in [0.25, 0.3) is 0 Å². The van der Waals surface area contributed by atoms with Crippen LogP contribution in [0.5, 0.6) is 0 Å². The summed E-state index contributed by atoms with van der Waals surface area (Å²) in [5.74, 6) is 1.12. The van der Waals surface area contributed by atoms with Gasteiger partial charge in [0.1, 0.15) is 0 Å². The molecule has 0 aromatic heterocycles. The second-order valence-corrected chi connectivity index (χ2v) is 9.76. The smallest absolute Gasteiger partial charge is 0.0965 e. The first kappa shape index (κ1) is 26.7. The van der Waals surface area contributed by atoms with E-state index in [1.54, 1.807) is 0 Å². The number of hydrogen-bond donors (Lipinski definition) is 0. The molecule has 2 rings (SSSR count). The molecule has 2 atom stereocenters. The van der Waals surface area contributed by atoms with Crippen LogP contribution >= 0.6 is 0 Å². The lowest BCUT2D eigenvalue weighted by atomic mass is 9.80. The van der Waals surface area contributed by atoms with Crippen LogP contribution in [-0.4, -0.2) is 12.4 Å². The van der Waals surface area contributed by atoms with Gasteiger partial charge in [0.25, 0.3) is 0 Å². The molecule has 2 heteroatoms. The highest BCUT2D eigenvalue weighted by Crippen LogP contribution is 2.35. The van der Waals surface area contributed by atoms with Crippen molar-refractivity contribution in [2.24, 2.45) is 21.8 Å². The van der Waals surface area contributed by atoms with Crippen LogP contribution in [0.15, 0.2) is 40.3 Å². The first-order valence-corrected chi connectivity index (χ1v) is 13.8. The van der Waals surface area contributed by atoms with Crippen LogP contribution in [0.1, 0.15) is 122 Å². The molecule has 0 spiro atoms. The Bertz CT molecular complexity index is 595. The zero-order chi connectivity index (χ0) is 22.7. The molecule has 1 aromatic carbocycles. The topological polar surface area (TPSA) is 24.7 Å². The fraction of sp³-hybridized carbons (Fsp3) is 0.700. The lowest BCUT2D eigenvalue weighted by Crippen LogP contribution is -2.21. The summed E-state index contributed by atoms with van der Waals surface area (Å²) in [6, 6.07) is 11.0. The van der Waals surface area contributed by atoms with Gasteiger partial charge in [-0.1, -0.05) is 144 Å². The molecule has 1 aromatic rings. The van der Waals surface area contributed by atoms with Gasteiger partial charge in [-0.05, 0) is 30.7 Å². The Morgan fingerprint density at radius 3 is 1.66 bits per heavy atom. The molecular weight excluding hydrogens is 388 g/mol. The Hall–Kier alpha value is -1.57. The summed E-state index contributed by atoms with van der Waals surface area (Å²) in [6.45, 7) is 4.59. The second-order valence-electron chi connectivity index (χ2n) is 9.76. The molecule has 0 N–H and O–H groups in total. The highest BCUT2D eigenvalue weighted by Gasteiger charge is 2.34. The largest absolute Gasteiger partial charge is 0.244 e. The van der Waals surface area contributed by atoms with Crippen LogP contribution in [-0.2, 0) is 6.42 Å². The van der Waals surface area contributed by atoms with Crippen molar-refractivity contribution in [3.8, 4) is 0 Å². The van der Waals surface area contributed by atoms with Gasteiger partial charge in [-0.15, -0.1) is 0 Å². The van der Waals surface area contributed by atoms with Crippen LogP contribution in [0.2, 0.25) is 0 Å². The van der Waals surface area contributed by atoms with Crippen molar-refractivity contribution in [2.75, 3.05) is 0 Å². The number of unbranched alkanes of at least 4 members (excludes halogenated alkanes) is 13. The average molecular weight is 438 g/mol. The molecule has 0 bridgehead atoms. The number of aliphatic imine (C=N–C) groups is 2. The summed E-state index contributed by atoms with van der Waals surface area (Å²) in [4.78, 5) is 9.11. The van der Waals surface area contributed by atoms with Crippen molar-refractivity contribution < 1.29 is 0 Å². The van der Waals surface area contributed by atoms with E-state index >= 15 is 0 Å². The second kappa shape index (κ2) is 17.9. The Balaban J connectivity index is 1.58. The van der Waals surface area contributed by atoms with Crippen molar-refractivity contribution in [2.45, 2.75) is 123 Å². The van der Waals surface area contributed by atoms with E-state index < -0.39 is 0 Å². The lowest BCUT2D eigenvalue weighted by Gasteiger charge is -2.24. The van der Waals surface area contributed by atoms with Gasteiger partial charge >= 0.3 is 0 Å². The van der Waals surface area contributed by atoms with E-state index in [2.05, 4.69) is 54.2 Å². The summed E-state index contributed by atoms with van der Waals surface area (Å²) in [5, 5.41) is 0. The molecule has 1 aliphatic heterocycles. The minimum Gasteiger partial charge on any atom is -0.0965 e. The first-order valence-electron chi connectivity index (χ1n) is 13.8. The van der Waals surface area contributed by atoms with Gasteiger partial charge in [-0.2, -0.15) is 0 Å². The molecular formula is C30H49N2+. The number of rotatable bonds is 20. The van der Waals surface area contributed by atoms with Crippen molar-refractivity contribution in [3.63, 3.8) is 0 Å². The molecule has 0 saturated carbocycles. The maximum Gasteiger partial charge on any atom is 0.244 e. The normalized spacial score (nSPS) is 14.9. The summed E-state index contributed by atoms with van der Waals surface area (Å²) in [7, 11) is 0. The van der Waals surface area contributed by atoms with Crippen molar-refractivity contribution in [1.82, 2.24) is 0 Å². The minimum absolute atomic E-state index is 0.479. The fourth-order valence-electron chi connectivity index (χ4n) is 5.13. The van der Waals surface area contributed by atoms with Crippen molar-refractivity contribution in [1.29, 1.82) is 0 Å². The lowest BCUT2D eigenvalue weighted by molar-refractivity contribution is 0.300. The maximum atomic E-state index is 4.56. The Morgan fingerprint density at radius 2 is 1.16 bits per heavy atom. The first-order chi connectivity index (χ1) is 15.8. The van der Waals surface area contributed by atoms with Gasteiger partial charge in [-0.3, -0.25) is 0 Å². The van der Waals surface area contributed by atoms with Crippen molar-refractivity contribution >= 4 is 12.4 Å². The molecule has 32 heavy (non-hydrogen) atoms. The molecule has 2 nitrogen and oxygen atoms in total. The highest BCUT2D eigenvalue weighted by atomic mass is 15.0. The summed E-state index contributed by atoms with van der Waals surface area (Å²) < 4.78 is 0. The maximum absolute atomic E-state index is 4.56. The Kier molecular flexibility index (Phi) is 14.9. The summed E-state index contributed by atoms with van der Waals surface area (Å²) >= 11 is 0. The van der Waals surface area contributed by atoms with Crippen molar-refractivity contribution in [3.05, 3.63) is 42.1 Å². The number of hydrogen-bond acceptors (Lipinski definition) is 2. The Morgan fingerprint density at radius 1 is 0.656 bits per heavy atom. The van der Waals surface area contributed by atoms with E-state index in [4.69, 9.17) is 0 Å².